The Morgan fingerprint density at radius 3 is 2.93 bits per heavy atom. The van der Waals surface area contributed by atoms with Gasteiger partial charge in [0.15, 0.2) is 0 Å². The summed E-state index contributed by atoms with van der Waals surface area (Å²) in [5.41, 5.74) is 2.71. The maximum Gasteiger partial charge on any atom is 0.347 e. The fourth-order valence-electron chi connectivity index (χ4n) is 4.23. The SMILES string of the molecule is CC1CCCCN1Cc1c(O)ccc2cc(-c3nc4ccccc4[nH]3)c(=O)oc12. The van der Waals surface area contributed by atoms with Gasteiger partial charge in [0, 0.05) is 18.0 Å². The molecule has 0 amide bonds. The predicted molar refractivity (Wildman–Crippen MR) is 113 cm³/mol. The highest BCUT2D eigenvalue weighted by atomic mass is 16.4. The van der Waals surface area contributed by atoms with E-state index in [4.69, 9.17) is 4.42 Å². The van der Waals surface area contributed by atoms with Crippen LogP contribution in [0.5, 0.6) is 5.75 Å². The average molecular weight is 389 g/mol. The first-order valence-electron chi connectivity index (χ1n) is 10.1. The van der Waals surface area contributed by atoms with Crippen LogP contribution in [0.3, 0.4) is 0 Å². The van der Waals surface area contributed by atoms with Gasteiger partial charge in [0.1, 0.15) is 22.7 Å². The van der Waals surface area contributed by atoms with E-state index >= 15 is 0 Å². The summed E-state index contributed by atoms with van der Waals surface area (Å²) in [4.78, 5) is 22.9. The Labute approximate surface area is 167 Å². The van der Waals surface area contributed by atoms with E-state index in [2.05, 4.69) is 21.8 Å². The van der Waals surface area contributed by atoms with Crippen molar-refractivity contribution in [3.05, 3.63) is 58.4 Å². The monoisotopic (exact) mass is 389 g/mol. The van der Waals surface area contributed by atoms with Gasteiger partial charge in [-0.25, -0.2) is 9.78 Å². The number of phenols is 1. The number of fused-ring (bicyclic) bond motifs is 2. The van der Waals surface area contributed by atoms with Crippen molar-refractivity contribution in [3.8, 4) is 17.1 Å². The lowest BCUT2D eigenvalue weighted by Crippen LogP contribution is -2.36. The lowest BCUT2D eigenvalue weighted by Gasteiger charge is -2.33. The van der Waals surface area contributed by atoms with Gasteiger partial charge in [-0.2, -0.15) is 0 Å². The molecule has 1 atom stereocenters. The molecule has 148 valence electrons. The molecule has 2 aromatic carbocycles. The highest BCUT2D eigenvalue weighted by molar-refractivity contribution is 5.86. The zero-order chi connectivity index (χ0) is 20.0. The van der Waals surface area contributed by atoms with Gasteiger partial charge in [0.2, 0.25) is 0 Å². The van der Waals surface area contributed by atoms with Gasteiger partial charge in [-0.3, -0.25) is 4.90 Å². The largest absolute Gasteiger partial charge is 0.507 e. The zero-order valence-electron chi connectivity index (χ0n) is 16.3. The molecule has 0 saturated carbocycles. The molecule has 1 fully saturated rings. The number of benzene rings is 2. The summed E-state index contributed by atoms with van der Waals surface area (Å²) >= 11 is 0. The van der Waals surface area contributed by atoms with Gasteiger partial charge < -0.3 is 14.5 Å². The van der Waals surface area contributed by atoms with Crippen molar-refractivity contribution in [2.75, 3.05) is 6.54 Å². The number of phenolic OH excluding ortho intramolecular Hbond substituents is 1. The van der Waals surface area contributed by atoms with Crippen LogP contribution >= 0.6 is 0 Å². The van der Waals surface area contributed by atoms with Crippen LogP contribution in [0.15, 0.2) is 51.7 Å². The molecule has 1 aliphatic heterocycles. The van der Waals surface area contributed by atoms with Crippen LogP contribution in [0.2, 0.25) is 0 Å². The Hall–Kier alpha value is -3.12. The molecule has 0 aliphatic carbocycles. The van der Waals surface area contributed by atoms with Crippen LogP contribution in [-0.2, 0) is 6.54 Å². The van der Waals surface area contributed by atoms with Gasteiger partial charge in [-0.1, -0.05) is 18.6 Å². The molecule has 1 aliphatic rings. The summed E-state index contributed by atoms with van der Waals surface area (Å²) in [5.74, 6) is 0.649. The number of hydrogen-bond acceptors (Lipinski definition) is 5. The normalized spacial score (nSPS) is 17.9. The second-order valence-corrected chi connectivity index (χ2v) is 7.85. The Bertz CT molecular complexity index is 1220. The van der Waals surface area contributed by atoms with Gasteiger partial charge in [0.25, 0.3) is 0 Å². The van der Waals surface area contributed by atoms with E-state index in [-0.39, 0.29) is 5.75 Å². The minimum Gasteiger partial charge on any atom is -0.507 e. The average Bonchev–Trinajstić information content (AvgIpc) is 3.15. The molecule has 0 bridgehead atoms. The Kier molecular flexibility index (Phi) is 4.36. The van der Waals surface area contributed by atoms with Crippen LogP contribution in [0, 0.1) is 0 Å². The molecule has 0 radical (unpaired) electrons. The number of H-pyrrole nitrogens is 1. The van der Waals surface area contributed by atoms with Crippen molar-refractivity contribution in [2.24, 2.45) is 0 Å². The predicted octanol–water partition coefficient (Wildman–Crippen LogP) is 4.42. The van der Waals surface area contributed by atoms with Crippen LogP contribution in [0.4, 0.5) is 0 Å². The van der Waals surface area contributed by atoms with Crippen LogP contribution in [0.1, 0.15) is 31.7 Å². The van der Waals surface area contributed by atoms with Crippen molar-refractivity contribution in [3.63, 3.8) is 0 Å². The molecule has 2 N–H and O–H groups in total. The molecule has 0 spiro atoms. The van der Waals surface area contributed by atoms with Gasteiger partial charge in [-0.05, 0) is 56.6 Å². The number of likely N-dealkylation sites (tertiary alicyclic amines) is 1. The number of nitrogens with zero attached hydrogens (tertiary/aromatic N) is 2. The molecular weight excluding hydrogens is 366 g/mol. The zero-order valence-corrected chi connectivity index (χ0v) is 16.3. The van der Waals surface area contributed by atoms with E-state index in [1.165, 1.54) is 6.42 Å². The summed E-state index contributed by atoms with van der Waals surface area (Å²) in [6.45, 7) is 3.76. The molecule has 3 heterocycles. The minimum atomic E-state index is -0.463. The summed E-state index contributed by atoms with van der Waals surface area (Å²) in [6, 6.07) is 13.3. The van der Waals surface area contributed by atoms with Crippen molar-refractivity contribution < 1.29 is 9.52 Å². The van der Waals surface area contributed by atoms with E-state index < -0.39 is 5.63 Å². The van der Waals surface area contributed by atoms with Crippen molar-refractivity contribution in [1.29, 1.82) is 0 Å². The molecule has 5 rings (SSSR count). The third-order valence-corrected chi connectivity index (χ3v) is 5.93. The topological polar surface area (TPSA) is 82.4 Å². The van der Waals surface area contributed by atoms with Gasteiger partial charge >= 0.3 is 5.63 Å². The molecule has 2 aromatic heterocycles. The quantitative estimate of drug-likeness (QED) is 0.507. The molecule has 6 heteroatoms. The third kappa shape index (κ3) is 3.19. The van der Waals surface area contributed by atoms with Crippen molar-refractivity contribution in [2.45, 2.75) is 38.8 Å². The highest BCUT2D eigenvalue weighted by Gasteiger charge is 2.22. The number of aromatic amines is 1. The number of para-hydroxylation sites is 2. The van der Waals surface area contributed by atoms with E-state index in [0.29, 0.717) is 35.1 Å². The van der Waals surface area contributed by atoms with Crippen LogP contribution in [0.25, 0.3) is 33.4 Å². The first kappa shape index (κ1) is 17.9. The molecule has 1 unspecified atom stereocenters. The standard InChI is InChI=1S/C23H23N3O3/c1-14-6-4-5-11-26(14)13-17-20(27)10-9-15-12-16(23(28)29-21(15)17)22-24-18-7-2-3-8-19(18)25-22/h2-3,7-10,12,14,27H,4-6,11,13H2,1H3,(H,24,25). The lowest BCUT2D eigenvalue weighted by atomic mass is 10.0. The molecule has 6 nitrogen and oxygen atoms in total. The summed E-state index contributed by atoms with van der Waals surface area (Å²) in [6.07, 6.45) is 3.52. The van der Waals surface area contributed by atoms with Crippen molar-refractivity contribution >= 4 is 22.0 Å². The highest BCUT2D eigenvalue weighted by Crippen LogP contribution is 2.31. The fourth-order valence-corrected chi connectivity index (χ4v) is 4.23. The first-order valence-corrected chi connectivity index (χ1v) is 10.1. The smallest absolute Gasteiger partial charge is 0.347 e. The number of piperidine rings is 1. The molecule has 4 aromatic rings. The van der Waals surface area contributed by atoms with Crippen LogP contribution in [-0.4, -0.2) is 32.6 Å². The number of aromatic hydroxyl groups is 1. The van der Waals surface area contributed by atoms with E-state index in [0.717, 1.165) is 35.8 Å². The number of imidazole rings is 1. The van der Waals surface area contributed by atoms with Crippen LogP contribution < -0.4 is 5.63 Å². The number of rotatable bonds is 3. The Balaban J connectivity index is 1.60. The summed E-state index contributed by atoms with van der Waals surface area (Å²) in [7, 11) is 0. The summed E-state index contributed by atoms with van der Waals surface area (Å²) < 4.78 is 5.73. The number of aromatic nitrogens is 2. The van der Waals surface area contributed by atoms with E-state index in [9.17, 15) is 9.90 Å². The number of hydrogen-bond donors (Lipinski definition) is 2. The number of nitrogens with one attached hydrogen (secondary N) is 1. The van der Waals surface area contributed by atoms with E-state index in [1.54, 1.807) is 18.2 Å². The third-order valence-electron chi connectivity index (χ3n) is 5.93. The van der Waals surface area contributed by atoms with Gasteiger partial charge in [0.05, 0.1) is 16.6 Å². The maximum atomic E-state index is 12.8. The lowest BCUT2D eigenvalue weighted by molar-refractivity contribution is 0.151. The first-order chi connectivity index (χ1) is 14.1. The Morgan fingerprint density at radius 1 is 1.24 bits per heavy atom. The molecule has 29 heavy (non-hydrogen) atoms. The Morgan fingerprint density at radius 2 is 2.10 bits per heavy atom. The summed E-state index contributed by atoms with van der Waals surface area (Å²) in [5, 5.41) is 11.3. The van der Waals surface area contributed by atoms with Crippen molar-refractivity contribution in [1.82, 2.24) is 14.9 Å². The van der Waals surface area contributed by atoms with E-state index in [1.807, 2.05) is 24.3 Å². The molecule has 1 saturated heterocycles. The second-order valence-electron chi connectivity index (χ2n) is 7.85. The minimum absolute atomic E-state index is 0.162. The van der Waals surface area contributed by atoms with Gasteiger partial charge in [-0.15, -0.1) is 0 Å². The maximum absolute atomic E-state index is 12.8. The fraction of sp³-hybridized carbons (Fsp3) is 0.304. The molecular formula is C23H23N3O3. The second kappa shape index (κ2) is 7.04.